The number of allylic oxidation sites excluding steroid dienone is 3. The van der Waals surface area contributed by atoms with Crippen molar-refractivity contribution < 1.29 is 0 Å². The lowest BCUT2D eigenvalue weighted by Gasteiger charge is -2.17. The second kappa shape index (κ2) is 9.19. The van der Waals surface area contributed by atoms with Crippen LogP contribution in [0.25, 0.3) is 17.7 Å². The van der Waals surface area contributed by atoms with Crippen molar-refractivity contribution >= 4 is 17.7 Å². The summed E-state index contributed by atoms with van der Waals surface area (Å²) in [5, 5.41) is 9.05. The predicted octanol–water partition coefficient (Wildman–Crippen LogP) is 7.30. The van der Waals surface area contributed by atoms with Crippen LogP contribution in [0.5, 0.6) is 0 Å². The van der Waals surface area contributed by atoms with Crippen LogP contribution in [0.3, 0.4) is 0 Å². The van der Waals surface area contributed by atoms with E-state index in [9.17, 15) is 0 Å². The topological polar surface area (TPSA) is 23.8 Å². The van der Waals surface area contributed by atoms with Crippen LogP contribution in [0, 0.1) is 25.2 Å². The normalized spacial score (nSPS) is 12.4. The Balaban J connectivity index is 2.57. The molecule has 0 bridgehead atoms. The van der Waals surface area contributed by atoms with E-state index >= 15 is 0 Å². The molecule has 0 aliphatic heterocycles. The highest BCUT2D eigenvalue weighted by Gasteiger charge is 2.12. The van der Waals surface area contributed by atoms with Crippen molar-refractivity contribution in [2.45, 2.75) is 47.5 Å². The van der Waals surface area contributed by atoms with Gasteiger partial charge in [0, 0.05) is 6.42 Å². The van der Waals surface area contributed by atoms with Crippen LogP contribution in [0.15, 0.2) is 54.1 Å². The molecular weight excluding hydrogens is 326 g/mol. The average Bonchev–Trinajstić information content (AvgIpc) is 2.66. The quantitative estimate of drug-likeness (QED) is 0.499. The highest BCUT2D eigenvalue weighted by atomic mass is 14.2. The molecule has 0 radical (unpaired) electrons. The zero-order chi connectivity index (χ0) is 20.0. The fraction of sp³-hybridized carbons (Fsp3) is 0.269. The maximum Gasteiger partial charge on any atom is 0.0625 e. The standard InChI is InChI=1S/C26H29N/c1-7-23-15-20(4)26(25(17-23)13-10-14-27)22(6)21(5)19(3)16-24-12-9-8-11-18(24)2/h7-9,11-12,15-17H,1,10,13H2,2-6H3/b19-16+,22-21+. The van der Waals surface area contributed by atoms with Gasteiger partial charge in [0.25, 0.3) is 0 Å². The summed E-state index contributed by atoms with van der Waals surface area (Å²) in [6.07, 6.45) is 5.43. The van der Waals surface area contributed by atoms with Crippen LogP contribution in [0.4, 0.5) is 0 Å². The number of nitrogens with zero attached hydrogens (tertiary/aromatic N) is 1. The molecule has 2 aromatic carbocycles. The Morgan fingerprint density at radius 3 is 2.41 bits per heavy atom. The molecule has 0 saturated carbocycles. The Hall–Kier alpha value is -2.85. The second-order valence-electron chi connectivity index (χ2n) is 7.17. The molecule has 0 heterocycles. The van der Waals surface area contributed by atoms with Crippen molar-refractivity contribution in [1.29, 1.82) is 5.26 Å². The summed E-state index contributed by atoms with van der Waals surface area (Å²) in [6, 6.07) is 15.1. The molecule has 138 valence electrons. The Kier molecular flexibility index (Phi) is 6.97. The van der Waals surface area contributed by atoms with Gasteiger partial charge in [0.1, 0.15) is 0 Å². The number of nitriles is 1. The van der Waals surface area contributed by atoms with Gasteiger partial charge in [-0.15, -0.1) is 0 Å². The molecule has 0 fully saturated rings. The van der Waals surface area contributed by atoms with Crippen molar-refractivity contribution in [2.75, 3.05) is 0 Å². The summed E-state index contributed by atoms with van der Waals surface area (Å²) in [5.74, 6) is 0. The first-order chi connectivity index (χ1) is 12.9. The van der Waals surface area contributed by atoms with Crippen LogP contribution in [-0.2, 0) is 6.42 Å². The van der Waals surface area contributed by atoms with Crippen molar-refractivity contribution in [3.05, 3.63) is 87.5 Å². The molecule has 0 N–H and O–H groups in total. The van der Waals surface area contributed by atoms with Crippen LogP contribution < -0.4 is 0 Å². The maximum atomic E-state index is 9.05. The van der Waals surface area contributed by atoms with Crippen LogP contribution in [-0.4, -0.2) is 0 Å². The summed E-state index contributed by atoms with van der Waals surface area (Å²) < 4.78 is 0. The molecule has 0 aliphatic carbocycles. The lowest BCUT2D eigenvalue weighted by Crippen LogP contribution is -1.99. The molecule has 0 atom stereocenters. The van der Waals surface area contributed by atoms with E-state index < -0.39 is 0 Å². The molecule has 0 aromatic heterocycles. The average molecular weight is 356 g/mol. The van der Waals surface area contributed by atoms with Crippen molar-refractivity contribution in [3.8, 4) is 6.07 Å². The molecule has 0 amide bonds. The monoisotopic (exact) mass is 355 g/mol. The molecular formula is C26H29N. The lowest BCUT2D eigenvalue weighted by atomic mass is 9.87. The van der Waals surface area contributed by atoms with E-state index in [1.165, 1.54) is 44.5 Å². The van der Waals surface area contributed by atoms with E-state index in [2.05, 4.69) is 89.7 Å². The minimum Gasteiger partial charge on any atom is -0.198 e. The first-order valence-electron chi connectivity index (χ1n) is 9.44. The largest absolute Gasteiger partial charge is 0.198 e. The molecule has 0 aliphatic rings. The van der Waals surface area contributed by atoms with Crippen molar-refractivity contribution in [3.63, 3.8) is 0 Å². The van der Waals surface area contributed by atoms with Gasteiger partial charge < -0.3 is 0 Å². The van der Waals surface area contributed by atoms with Gasteiger partial charge in [0.2, 0.25) is 0 Å². The molecule has 0 unspecified atom stereocenters. The van der Waals surface area contributed by atoms with Gasteiger partial charge in [-0.05, 0) is 91.1 Å². The van der Waals surface area contributed by atoms with Gasteiger partial charge in [0.15, 0.2) is 0 Å². The molecule has 0 spiro atoms. The molecule has 2 rings (SSSR count). The molecule has 2 aromatic rings. The summed E-state index contributed by atoms with van der Waals surface area (Å²) >= 11 is 0. The molecule has 1 nitrogen and oxygen atoms in total. The fourth-order valence-corrected chi connectivity index (χ4v) is 3.51. The minimum atomic E-state index is 0.525. The SMILES string of the molecule is C=Cc1cc(C)c(/C(C)=C(C)/C(C)=C/c2ccccc2C)c(CCC#N)c1. The van der Waals surface area contributed by atoms with Gasteiger partial charge in [0.05, 0.1) is 6.07 Å². The van der Waals surface area contributed by atoms with Gasteiger partial charge >= 0.3 is 0 Å². The summed E-state index contributed by atoms with van der Waals surface area (Å²) in [4.78, 5) is 0. The number of hydrogen-bond donors (Lipinski definition) is 0. The molecule has 27 heavy (non-hydrogen) atoms. The van der Waals surface area contributed by atoms with Gasteiger partial charge in [-0.1, -0.05) is 55.1 Å². The first kappa shape index (κ1) is 20.5. The lowest BCUT2D eigenvalue weighted by molar-refractivity contribution is 0.999. The van der Waals surface area contributed by atoms with E-state index in [4.69, 9.17) is 5.26 Å². The highest BCUT2D eigenvalue weighted by Crippen LogP contribution is 2.31. The van der Waals surface area contributed by atoms with Gasteiger partial charge in [-0.3, -0.25) is 0 Å². The van der Waals surface area contributed by atoms with E-state index in [0.29, 0.717) is 6.42 Å². The van der Waals surface area contributed by atoms with Crippen LogP contribution >= 0.6 is 0 Å². The number of benzene rings is 2. The Labute approximate surface area is 164 Å². The zero-order valence-corrected chi connectivity index (χ0v) is 17.2. The van der Waals surface area contributed by atoms with Crippen LogP contribution in [0.2, 0.25) is 0 Å². The fourth-order valence-electron chi connectivity index (χ4n) is 3.51. The second-order valence-corrected chi connectivity index (χ2v) is 7.17. The Morgan fingerprint density at radius 2 is 1.78 bits per heavy atom. The third-order valence-corrected chi connectivity index (χ3v) is 5.27. The summed E-state index contributed by atoms with van der Waals surface area (Å²) in [6.45, 7) is 14.7. The first-order valence-corrected chi connectivity index (χ1v) is 9.44. The van der Waals surface area contributed by atoms with Crippen LogP contribution in [0.1, 0.15) is 60.6 Å². The van der Waals surface area contributed by atoms with Gasteiger partial charge in [-0.2, -0.15) is 5.26 Å². The third kappa shape index (κ3) is 4.86. The minimum absolute atomic E-state index is 0.525. The summed E-state index contributed by atoms with van der Waals surface area (Å²) in [5.41, 5.74) is 11.2. The van der Waals surface area contributed by atoms with E-state index in [1.54, 1.807) is 0 Å². The van der Waals surface area contributed by atoms with E-state index in [1.807, 2.05) is 6.08 Å². The zero-order valence-electron chi connectivity index (χ0n) is 17.2. The van der Waals surface area contributed by atoms with Crippen molar-refractivity contribution in [2.24, 2.45) is 0 Å². The smallest absolute Gasteiger partial charge is 0.0625 e. The van der Waals surface area contributed by atoms with Gasteiger partial charge in [-0.25, -0.2) is 0 Å². The van der Waals surface area contributed by atoms with E-state index in [0.717, 1.165) is 12.0 Å². The van der Waals surface area contributed by atoms with E-state index in [-0.39, 0.29) is 0 Å². The molecule has 1 heteroatoms. The number of rotatable bonds is 6. The number of hydrogen-bond acceptors (Lipinski definition) is 1. The van der Waals surface area contributed by atoms with Crippen molar-refractivity contribution in [1.82, 2.24) is 0 Å². The highest BCUT2D eigenvalue weighted by molar-refractivity contribution is 5.78. The third-order valence-electron chi connectivity index (χ3n) is 5.27. The Morgan fingerprint density at radius 1 is 1.07 bits per heavy atom. The summed E-state index contributed by atoms with van der Waals surface area (Å²) in [7, 11) is 0. The molecule has 0 saturated heterocycles. The maximum absolute atomic E-state index is 9.05. The number of aryl methyl sites for hydroxylation is 3. The predicted molar refractivity (Wildman–Crippen MR) is 118 cm³/mol. The Bertz CT molecular complexity index is 949.